The molecule has 0 aliphatic heterocycles. The second-order valence-electron chi connectivity index (χ2n) is 11.8. The Kier molecular flexibility index (Phi) is 12.7. The highest BCUT2D eigenvalue weighted by Gasteiger charge is 2.19. The van der Waals surface area contributed by atoms with Crippen LogP contribution in [0, 0.1) is 5.92 Å². The predicted molar refractivity (Wildman–Crippen MR) is 175 cm³/mol. The third-order valence-electron chi connectivity index (χ3n) is 7.78. The average Bonchev–Trinajstić information content (AvgIpc) is 2.95. The van der Waals surface area contributed by atoms with Crippen LogP contribution in [0.1, 0.15) is 96.3 Å². The molecule has 40 heavy (non-hydrogen) atoms. The van der Waals surface area contributed by atoms with Gasteiger partial charge in [-0.3, -0.25) is 0 Å². The molecule has 3 heteroatoms. The Morgan fingerprint density at radius 2 is 1.38 bits per heavy atom. The van der Waals surface area contributed by atoms with Gasteiger partial charge in [0.05, 0.1) is 0 Å². The Morgan fingerprint density at radius 1 is 0.800 bits per heavy atom. The SMILES string of the molecule is C=C(CCc1cc(CCCC)c(O)c(CCCC)c1)N(c1ccc(Nc2ccccc2)cc1)C(C)CCC(C)C. The number of phenolic OH excluding ortho intramolecular Hbond substituents is 1. The summed E-state index contributed by atoms with van der Waals surface area (Å²) < 4.78 is 0. The molecule has 0 bridgehead atoms. The number of para-hydroxylation sites is 1. The lowest BCUT2D eigenvalue weighted by atomic mass is 9.94. The van der Waals surface area contributed by atoms with Crippen LogP contribution in [0.5, 0.6) is 5.75 Å². The maximum Gasteiger partial charge on any atom is 0.121 e. The van der Waals surface area contributed by atoms with Crippen molar-refractivity contribution in [2.24, 2.45) is 5.92 Å². The molecule has 216 valence electrons. The van der Waals surface area contributed by atoms with Crippen molar-refractivity contribution in [3.63, 3.8) is 0 Å². The molecule has 2 N–H and O–H groups in total. The molecule has 0 spiro atoms. The molecule has 0 fully saturated rings. The van der Waals surface area contributed by atoms with Gasteiger partial charge >= 0.3 is 0 Å². The van der Waals surface area contributed by atoms with E-state index in [9.17, 15) is 5.11 Å². The van der Waals surface area contributed by atoms with E-state index in [1.165, 1.54) is 17.7 Å². The third kappa shape index (κ3) is 9.47. The number of benzene rings is 3. The van der Waals surface area contributed by atoms with Gasteiger partial charge in [-0.25, -0.2) is 0 Å². The van der Waals surface area contributed by atoms with Crippen molar-refractivity contribution in [1.29, 1.82) is 0 Å². The molecule has 1 unspecified atom stereocenters. The summed E-state index contributed by atoms with van der Waals surface area (Å²) in [6.07, 6.45) is 10.5. The highest BCUT2D eigenvalue weighted by Crippen LogP contribution is 2.31. The summed E-state index contributed by atoms with van der Waals surface area (Å²) in [6, 6.07) is 23.9. The summed E-state index contributed by atoms with van der Waals surface area (Å²) >= 11 is 0. The lowest BCUT2D eigenvalue weighted by Crippen LogP contribution is -2.32. The van der Waals surface area contributed by atoms with Gasteiger partial charge in [0.1, 0.15) is 5.75 Å². The molecule has 0 aliphatic rings. The number of unbranched alkanes of at least 4 members (excludes halogenated alkanes) is 2. The number of nitrogens with zero attached hydrogens (tertiary/aromatic N) is 1. The highest BCUT2D eigenvalue weighted by molar-refractivity contribution is 5.64. The lowest BCUT2D eigenvalue weighted by Gasteiger charge is -2.34. The second-order valence-corrected chi connectivity index (χ2v) is 11.8. The predicted octanol–water partition coefficient (Wildman–Crippen LogP) is 10.6. The minimum absolute atomic E-state index is 0.364. The first kappa shape index (κ1) is 31.3. The summed E-state index contributed by atoms with van der Waals surface area (Å²) in [7, 11) is 0. The highest BCUT2D eigenvalue weighted by atomic mass is 16.3. The van der Waals surface area contributed by atoms with Gasteiger partial charge < -0.3 is 15.3 Å². The molecule has 0 saturated carbocycles. The molecule has 0 radical (unpaired) electrons. The second kappa shape index (κ2) is 16.2. The van der Waals surface area contributed by atoms with Crippen molar-refractivity contribution >= 4 is 17.1 Å². The Bertz CT molecular complexity index is 1140. The summed E-state index contributed by atoms with van der Waals surface area (Å²) in [5, 5.41) is 14.4. The van der Waals surface area contributed by atoms with E-state index in [-0.39, 0.29) is 0 Å². The maximum absolute atomic E-state index is 10.9. The minimum Gasteiger partial charge on any atom is -0.507 e. The van der Waals surface area contributed by atoms with E-state index in [4.69, 9.17) is 0 Å². The van der Waals surface area contributed by atoms with E-state index in [1.54, 1.807) is 0 Å². The third-order valence-corrected chi connectivity index (χ3v) is 7.78. The maximum atomic E-state index is 10.9. The van der Waals surface area contributed by atoms with Gasteiger partial charge in [-0.15, -0.1) is 0 Å². The summed E-state index contributed by atoms with van der Waals surface area (Å²) in [4.78, 5) is 2.45. The zero-order valence-electron chi connectivity index (χ0n) is 25.7. The van der Waals surface area contributed by atoms with Crippen molar-refractivity contribution in [1.82, 2.24) is 0 Å². The largest absolute Gasteiger partial charge is 0.507 e. The topological polar surface area (TPSA) is 35.5 Å². The Morgan fingerprint density at radius 3 is 1.93 bits per heavy atom. The number of anilines is 3. The van der Waals surface area contributed by atoms with Gasteiger partial charge in [-0.1, -0.05) is 77.4 Å². The number of allylic oxidation sites excluding steroid dienone is 1. The average molecular weight is 541 g/mol. The fourth-order valence-corrected chi connectivity index (χ4v) is 5.35. The molecular formula is C37H52N2O. The number of nitrogens with one attached hydrogen (secondary N) is 1. The molecule has 0 heterocycles. The zero-order chi connectivity index (χ0) is 28.9. The van der Waals surface area contributed by atoms with E-state index in [0.717, 1.165) is 86.0 Å². The first-order chi connectivity index (χ1) is 19.3. The summed E-state index contributed by atoms with van der Waals surface area (Å²) in [5.41, 5.74) is 8.05. The number of hydrogen-bond acceptors (Lipinski definition) is 3. The first-order valence-electron chi connectivity index (χ1n) is 15.5. The van der Waals surface area contributed by atoms with Crippen LogP contribution in [-0.2, 0) is 19.3 Å². The van der Waals surface area contributed by atoms with Gasteiger partial charge in [0.2, 0.25) is 0 Å². The van der Waals surface area contributed by atoms with Crippen molar-refractivity contribution < 1.29 is 5.11 Å². The first-order valence-corrected chi connectivity index (χ1v) is 15.5. The smallest absolute Gasteiger partial charge is 0.121 e. The molecule has 0 amide bonds. The van der Waals surface area contributed by atoms with Crippen molar-refractivity contribution in [2.45, 2.75) is 105 Å². The molecule has 1 atom stereocenters. The Hall–Kier alpha value is -3.20. The van der Waals surface area contributed by atoms with Crippen LogP contribution in [0.3, 0.4) is 0 Å². The summed E-state index contributed by atoms with van der Waals surface area (Å²) in [6.45, 7) is 16.0. The fourth-order valence-electron chi connectivity index (χ4n) is 5.35. The molecule has 3 aromatic rings. The molecule has 3 aromatic carbocycles. The van der Waals surface area contributed by atoms with E-state index in [2.05, 4.69) is 99.9 Å². The van der Waals surface area contributed by atoms with Gasteiger partial charge in [-0.05, 0) is 117 Å². The van der Waals surface area contributed by atoms with Crippen LogP contribution in [-0.4, -0.2) is 11.1 Å². The van der Waals surface area contributed by atoms with Gasteiger partial charge in [-0.2, -0.15) is 0 Å². The quantitative estimate of drug-likeness (QED) is 0.179. The van der Waals surface area contributed by atoms with E-state index in [0.29, 0.717) is 17.7 Å². The summed E-state index contributed by atoms with van der Waals surface area (Å²) in [5.74, 6) is 1.20. The number of hydrogen-bond donors (Lipinski definition) is 2. The number of phenols is 1. The van der Waals surface area contributed by atoms with Crippen LogP contribution < -0.4 is 10.2 Å². The fraction of sp³-hybridized carbons (Fsp3) is 0.459. The Labute approximate surface area is 244 Å². The van der Waals surface area contributed by atoms with Crippen molar-refractivity contribution in [3.05, 3.63) is 95.7 Å². The Balaban J connectivity index is 1.79. The number of rotatable bonds is 17. The lowest BCUT2D eigenvalue weighted by molar-refractivity contribution is 0.458. The molecule has 3 nitrogen and oxygen atoms in total. The molecule has 0 aliphatic carbocycles. The molecular weight excluding hydrogens is 488 g/mol. The van der Waals surface area contributed by atoms with Gasteiger partial charge in [0.25, 0.3) is 0 Å². The van der Waals surface area contributed by atoms with E-state index < -0.39 is 0 Å². The van der Waals surface area contributed by atoms with Crippen molar-refractivity contribution in [3.8, 4) is 5.75 Å². The van der Waals surface area contributed by atoms with Crippen molar-refractivity contribution in [2.75, 3.05) is 10.2 Å². The van der Waals surface area contributed by atoms with Crippen LogP contribution in [0.2, 0.25) is 0 Å². The zero-order valence-corrected chi connectivity index (χ0v) is 25.7. The van der Waals surface area contributed by atoms with Gasteiger partial charge in [0, 0.05) is 28.8 Å². The number of aryl methyl sites for hydroxylation is 3. The minimum atomic E-state index is 0.364. The van der Waals surface area contributed by atoms with Gasteiger partial charge in [0.15, 0.2) is 0 Å². The standard InChI is InChI=1S/C37H52N2O/c1-7-9-14-32-26-31(27-33(37(32)40)15-10-8-2)21-20-30(6)39(29(5)19-18-28(3)4)36-24-22-35(23-25-36)38-34-16-12-11-13-17-34/h11-13,16-17,22-29,38,40H,6-10,14-15,18-21H2,1-5H3. The van der Waals surface area contributed by atoms with Crippen LogP contribution in [0.15, 0.2) is 79.0 Å². The normalized spacial score (nSPS) is 11.9. The van der Waals surface area contributed by atoms with Crippen LogP contribution in [0.4, 0.5) is 17.1 Å². The van der Waals surface area contributed by atoms with E-state index in [1.807, 2.05) is 18.2 Å². The van der Waals surface area contributed by atoms with Crippen LogP contribution >= 0.6 is 0 Å². The molecule has 0 aromatic heterocycles. The monoisotopic (exact) mass is 540 g/mol. The number of aromatic hydroxyl groups is 1. The van der Waals surface area contributed by atoms with E-state index >= 15 is 0 Å². The molecule has 3 rings (SSSR count). The van der Waals surface area contributed by atoms with Crippen LogP contribution in [0.25, 0.3) is 0 Å². The molecule has 0 saturated heterocycles.